The van der Waals surface area contributed by atoms with Crippen LogP contribution in [0.15, 0.2) is 0 Å². The van der Waals surface area contributed by atoms with Crippen molar-refractivity contribution in [2.45, 2.75) is 38.1 Å². The number of hydrogen-bond acceptors (Lipinski definition) is 3. The zero-order valence-electron chi connectivity index (χ0n) is 7.44. The van der Waals surface area contributed by atoms with Crippen molar-refractivity contribution >= 4 is 5.97 Å². The maximum atomic E-state index is 10.5. The third-order valence-electron chi connectivity index (χ3n) is 2.51. The second kappa shape index (κ2) is 3.64. The predicted molar refractivity (Wildman–Crippen MR) is 44.2 cm³/mol. The molecule has 2 fully saturated rings. The number of rotatable bonds is 3. The van der Waals surface area contributed by atoms with E-state index < -0.39 is 5.97 Å². The van der Waals surface area contributed by atoms with Crippen LogP contribution in [0.25, 0.3) is 0 Å². The van der Waals surface area contributed by atoms with Gasteiger partial charge in [-0.05, 0) is 25.7 Å². The minimum absolute atomic E-state index is 0.0967. The molecule has 0 spiro atoms. The molecule has 0 bridgehead atoms. The van der Waals surface area contributed by atoms with Gasteiger partial charge in [0.2, 0.25) is 0 Å². The SMILES string of the molecule is O=C(O)[C@@H]1C[C@H]1OC1CCCCO1. The van der Waals surface area contributed by atoms with Crippen molar-refractivity contribution in [1.82, 2.24) is 0 Å². The first-order valence-electron chi connectivity index (χ1n) is 4.77. The van der Waals surface area contributed by atoms with Crippen LogP contribution in [-0.4, -0.2) is 30.1 Å². The maximum Gasteiger partial charge on any atom is 0.309 e. The molecule has 4 nitrogen and oxygen atoms in total. The molecule has 1 saturated heterocycles. The largest absolute Gasteiger partial charge is 0.481 e. The fraction of sp³-hybridized carbons (Fsp3) is 0.889. The van der Waals surface area contributed by atoms with Crippen LogP contribution in [0.2, 0.25) is 0 Å². The second-order valence-corrected chi connectivity index (χ2v) is 3.65. The molecule has 0 amide bonds. The maximum absolute atomic E-state index is 10.5. The van der Waals surface area contributed by atoms with Crippen molar-refractivity contribution in [2.75, 3.05) is 6.61 Å². The van der Waals surface area contributed by atoms with E-state index in [9.17, 15) is 4.79 Å². The van der Waals surface area contributed by atoms with Gasteiger partial charge in [-0.2, -0.15) is 0 Å². The number of carboxylic acids is 1. The number of hydrogen-bond donors (Lipinski definition) is 1. The summed E-state index contributed by atoms with van der Waals surface area (Å²) in [4.78, 5) is 10.5. The normalized spacial score (nSPS) is 38.6. The van der Waals surface area contributed by atoms with Crippen molar-refractivity contribution < 1.29 is 19.4 Å². The number of aliphatic carboxylic acids is 1. The Morgan fingerprint density at radius 3 is 2.85 bits per heavy atom. The van der Waals surface area contributed by atoms with E-state index in [4.69, 9.17) is 14.6 Å². The molecule has 1 saturated carbocycles. The highest BCUT2D eigenvalue weighted by Gasteiger charge is 2.46. The topological polar surface area (TPSA) is 55.8 Å². The summed E-state index contributed by atoms with van der Waals surface area (Å²) in [5.41, 5.74) is 0. The molecule has 1 aliphatic carbocycles. The van der Waals surface area contributed by atoms with E-state index in [1.807, 2.05) is 0 Å². The summed E-state index contributed by atoms with van der Waals surface area (Å²) in [5, 5.41) is 8.63. The second-order valence-electron chi connectivity index (χ2n) is 3.65. The highest BCUT2D eigenvalue weighted by atomic mass is 16.7. The summed E-state index contributed by atoms with van der Waals surface area (Å²) in [7, 11) is 0. The van der Waals surface area contributed by atoms with Crippen molar-refractivity contribution in [3.8, 4) is 0 Å². The Balaban J connectivity index is 1.70. The third-order valence-corrected chi connectivity index (χ3v) is 2.51. The molecule has 74 valence electrons. The average Bonchev–Trinajstić information content (AvgIpc) is 2.86. The van der Waals surface area contributed by atoms with Gasteiger partial charge in [0.25, 0.3) is 0 Å². The zero-order valence-corrected chi connectivity index (χ0v) is 7.44. The molecule has 1 N–H and O–H groups in total. The predicted octanol–water partition coefficient (Wildman–Crippen LogP) is 1.00. The van der Waals surface area contributed by atoms with Crippen molar-refractivity contribution in [3.05, 3.63) is 0 Å². The Hall–Kier alpha value is -0.610. The van der Waals surface area contributed by atoms with Crippen LogP contribution in [0.1, 0.15) is 25.7 Å². The van der Waals surface area contributed by atoms with Crippen molar-refractivity contribution in [2.24, 2.45) is 5.92 Å². The molecule has 2 rings (SSSR count). The molecular weight excluding hydrogens is 172 g/mol. The highest BCUT2D eigenvalue weighted by Crippen LogP contribution is 2.36. The van der Waals surface area contributed by atoms with E-state index >= 15 is 0 Å². The summed E-state index contributed by atoms with van der Waals surface area (Å²) in [6, 6.07) is 0. The highest BCUT2D eigenvalue weighted by molar-refractivity contribution is 5.74. The first-order valence-corrected chi connectivity index (χ1v) is 4.77. The standard InChI is InChI=1S/C9H14O4/c10-9(11)6-5-7(6)13-8-3-1-2-4-12-8/h6-8H,1-5H2,(H,10,11)/t6-,7-,8?/m1/s1. The van der Waals surface area contributed by atoms with E-state index in [1.54, 1.807) is 0 Å². The van der Waals surface area contributed by atoms with Crippen LogP contribution in [0.3, 0.4) is 0 Å². The van der Waals surface area contributed by atoms with E-state index in [1.165, 1.54) is 0 Å². The molecule has 4 heteroatoms. The van der Waals surface area contributed by atoms with Gasteiger partial charge < -0.3 is 14.6 Å². The number of carboxylic acid groups (broad SMARTS) is 1. The molecule has 2 aliphatic rings. The molecule has 1 heterocycles. The molecule has 0 aromatic rings. The molecule has 0 radical (unpaired) electrons. The zero-order chi connectivity index (χ0) is 9.26. The van der Waals surface area contributed by atoms with Crippen molar-refractivity contribution in [3.63, 3.8) is 0 Å². The Bertz CT molecular complexity index is 198. The number of carbonyl (C=O) groups is 1. The summed E-state index contributed by atoms with van der Waals surface area (Å²) in [6.07, 6.45) is 3.52. The summed E-state index contributed by atoms with van der Waals surface area (Å²) < 4.78 is 10.8. The van der Waals surface area contributed by atoms with E-state index in [0.717, 1.165) is 25.9 Å². The molecule has 13 heavy (non-hydrogen) atoms. The summed E-state index contributed by atoms with van der Waals surface area (Å²) in [6.45, 7) is 0.745. The minimum Gasteiger partial charge on any atom is -0.481 e. The van der Waals surface area contributed by atoms with Gasteiger partial charge in [-0.3, -0.25) is 4.79 Å². The monoisotopic (exact) mass is 186 g/mol. The average molecular weight is 186 g/mol. The Kier molecular flexibility index (Phi) is 2.51. The van der Waals surface area contributed by atoms with Crippen LogP contribution in [0.4, 0.5) is 0 Å². The molecule has 1 aliphatic heterocycles. The van der Waals surface area contributed by atoms with Crippen LogP contribution in [-0.2, 0) is 14.3 Å². The van der Waals surface area contributed by atoms with Gasteiger partial charge in [-0.15, -0.1) is 0 Å². The van der Waals surface area contributed by atoms with Crippen LogP contribution < -0.4 is 0 Å². The van der Waals surface area contributed by atoms with Gasteiger partial charge in [0.15, 0.2) is 6.29 Å². The van der Waals surface area contributed by atoms with Gasteiger partial charge in [-0.25, -0.2) is 0 Å². The minimum atomic E-state index is -0.749. The fourth-order valence-corrected chi connectivity index (χ4v) is 1.60. The van der Waals surface area contributed by atoms with Gasteiger partial charge in [0.05, 0.1) is 12.0 Å². The number of ether oxygens (including phenoxy) is 2. The lowest BCUT2D eigenvalue weighted by Gasteiger charge is -2.22. The summed E-state index contributed by atoms with van der Waals surface area (Å²) in [5.74, 6) is -1.04. The van der Waals surface area contributed by atoms with Gasteiger partial charge in [-0.1, -0.05) is 0 Å². The van der Waals surface area contributed by atoms with Crippen molar-refractivity contribution in [1.29, 1.82) is 0 Å². The lowest BCUT2D eigenvalue weighted by molar-refractivity contribution is -0.173. The lowest BCUT2D eigenvalue weighted by atomic mass is 10.2. The van der Waals surface area contributed by atoms with Gasteiger partial charge in [0, 0.05) is 6.61 Å². The quantitative estimate of drug-likeness (QED) is 0.714. The molecule has 1 unspecified atom stereocenters. The van der Waals surface area contributed by atoms with Gasteiger partial charge in [0.1, 0.15) is 0 Å². The molecule has 0 aromatic carbocycles. The molecular formula is C9H14O4. The van der Waals surface area contributed by atoms with Crippen LogP contribution >= 0.6 is 0 Å². The Morgan fingerprint density at radius 2 is 2.31 bits per heavy atom. The lowest BCUT2D eigenvalue weighted by Crippen LogP contribution is -2.24. The summed E-state index contributed by atoms with van der Waals surface area (Å²) >= 11 is 0. The van der Waals surface area contributed by atoms with Gasteiger partial charge >= 0.3 is 5.97 Å². The molecule has 3 atom stereocenters. The Labute approximate surface area is 76.8 Å². The Morgan fingerprint density at radius 1 is 1.46 bits per heavy atom. The first kappa shape index (κ1) is 8.97. The van der Waals surface area contributed by atoms with Crippen LogP contribution in [0.5, 0.6) is 0 Å². The molecule has 0 aromatic heterocycles. The first-order chi connectivity index (χ1) is 6.27. The smallest absolute Gasteiger partial charge is 0.309 e. The van der Waals surface area contributed by atoms with E-state index in [-0.39, 0.29) is 18.3 Å². The van der Waals surface area contributed by atoms with E-state index in [2.05, 4.69) is 0 Å². The third kappa shape index (κ3) is 2.19. The van der Waals surface area contributed by atoms with E-state index in [0.29, 0.717) is 6.42 Å². The fourth-order valence-electron chi connectivity index (χ4n) is 1.60. The van der Waals surface area contributed by atoms with Crippen LogP contribution in [0, 0.1) is 5.92 Å².